The predicted octanol–water partition coefficient (Wildman–Crippen LogP) is 2.67. The molecule has 0 aliphatic carbocycles. The molecule has 2 aromatic rings. The van der Waals surface area contributed by atoms with E-state index in [-0.39, 0.29) is 0 Å². The standard InChI is InChI=1S/C13H19N3/c1-4-16-11(2)9-13(12(16)3)10-14-15-7-5-6-8-15/h5-9,14H,4,10H2,1-3H3. The smallest absolute Gasteiger partial charge is 0.0581 e. The molecule has 0 aliphatic heterocycles. The molecule has 0 atom stereocenters. The molecule has 86 valence electrons. The van der Waals surface area contributed by atoms with Gasteiger partial charge >= 0.3 is 0 Å². The predicted molar refractivity (Wildman–Crippen MR) is 67.1 cm³/mol. The molecule has 0 bridgehead atoms. The van der Waals surface area contributed by atoms with Gasteiger partial charge in [-0.15, -0.1) is 0 Å². The molecular weight excluding hydrogens is 198 g/mol. The van der Waals surface area contributed by atoms with Crippen molar-refractivity contribution >= 4 is 0 Å². The molecule has 2 aromatic heterocycles. The van der Waals surface area contributed by atoms with Gasteiger partial charge in [0.2, 0.25) is 0 Å². The molecule has 2 heterocycles. The Bertz CT molecular complexity index is 452. The lowest BCUT2D eigenvalue weighted by Gasteiger charge is -2.08. The van der Waals surface area contributed by atoms with E-state index in [1.165, 1.54) is 17.0 Å². The summed E-state index contributed by atoms with van der Waals surface area (Å²) >= 11 is 0. The van der Waals surface area contributed by atoms with Crippen LogP contribution in [0.2, 0.25) is 0 Å². The third-order valence-corrected chi connectivity index (χ3v) is 3.05. The largest absolute Gasteiger partial charge is 0.349 e. The SMILES string of the molecule is CCn1c(C)cc(CNn2cccc2)c1C. The highest BCUT2D eigenvalue weighted by atomic mass is 15.4. The molecule has 0 unspecified atom stereocenters. The second-order valence-corrected chi connectivity index (χ2v) is 4.07. The maximum Gasteiger partial charge on any atom is 0.0581 e. The second kappa shape index (κ2) is 4.47. The van der Waals surface area contributed by atoms with Crippen molar-refractivity contribution in [3.05, 3.63) is 47.5 Å². The van der Waals surface area contributed by atoms with E-state index in [1.54, 1.807) is 0 Å². The Balaban J connectivity index is 2.10. The molecule has 0 radical (unpaired) electrons. The first-order chi connectivity index (χ1) is 7.72. The molecule has 0 saturated carbocycles. The van der Waals surface area contributed by atoms with E-state index < -0.39 is 0 Å². The van der Waals surface area contributed by atoms with Crippen LogP contribution in [0.1, 0.15) is 23.9 Å². The highest BCUT2D eigenvalue weighted by molar-refractivity contribution is 5.27. The molecule has 0 amide bonds. The molecule has 3 nitrogen and oxygen atoms in total. The minimum atomic E-state index is 0.869. The van der Waals surface area contributed by atoms with E-state index in [0.717, 1.165) is 13.1 Å². The number of aryl methyl sites for hydroxylation is 1. The fraction of sp³-hybridized carbons (Fsp3) is 0.385. The Kier molecular flexibility index (Phi) is 3.04. The van der Waals surface area contributed by atoms with Crippen LogP contribution in [0.15, 0.2) is 30.6 Å². The molecule has 2 rings (SSSR count). The third-order valence-electron chi connectivity index (χ3n) is 3.05. The monoisotopic (exact) mass is 217 g/mol. The number of aromatic nitrogens is 2. The molecule has 0 fully saturated rings. The zero-order valence-corrected chi connectivity index (χ0v) is 10.2. The molecule has 3 heteroatoms. The van der Waals surface area contributed by atoms with Crippen molar-refractivity contribution in [2.75, 3.05) is 5.43 Å². The maximum absolute atomic E-state index is 3.35. The van der Waals surface area contributed by atoms with Crippen molar-refractivity contribution in [3.8, 4) is 0 Å². The van der Waals surface area contributed by atoms with Gasteiger partial charge in [-0.3, -0.25) is 4.68 Å². The van der Waals surface area contributed by atoms with Crippen LogP contribution in [0.5, 0.6) is 0 Å². The summed E-state index contributed by atoms with van der Waals surface area (Å²) in [4.78, 5) is 0. The second-order valence-electron chi connectivity index (χ2n) is 4.07. The summed E-state index contributed by atoms with van der Waals surface area (Å²) in [6.07, 6.45) is 4.03. The fourth-order valence-electron chi connectivity index (χ4n) is 2.15. The van der Waals surface area contributed by atoms with Crippen LogP contribution in [0.4, 0.5) is 0 Å². The molecule has 0 spiro atoms. The first-order valence-electron chi connectivity index (χ1n) is 5.75. The fourth-order valence-corrected chi connectivity index (χ4v) is 2.15. The van der Waals surface area contributed by atoms with Crippen LogP contribution in [0, 0.1) is 13.8 Å². The number of nitrogens with zero attached hydrogens (tertiary/aromatic N) is 2. The van der Waals surface area contributed by atoms with E-state index in [9.17, 15) is 0 Å². The van der Waals surface area contributed by atoms with E-state index in [0.29, 0.717) is 0 Å². The summed E-state index contributed by atoms with van der Waals surface area (Å²) in [6, 6.07) is 6.29. The topological polar surface area (TPSA) is 21.9 Å². The molecule has 0 aromatic carbocycles. The van der Waals surface area contributed by atoms with Crippen LogP contribution in [0.25, 0.3) is 0 Å². The van der Waals surface area contributed by atoms with Crippen LogP contribution < -0.4 is 5.43 Å². The molecule has 16 heavy (non-hydrogen) atoms. The molecule has 0 aliphatic rings. The lowest BCUT2D eigenvalue weighted by molar-refractivity contribution is 0.713. The Morgan fingerprint density at radius 1 is 1.19 bits per heavy atom. The van der Waals surface area contributed by atoms with Gasteiger partial charge in [0.05, 0.1) is 6.54 Å². The average Bonchev–Trinajstić information content (AvgIpc) is 2.85. The first kappa shape index (κ1) is 10.9. The summed E-state index contributed by atoms with van der Waals surface area (Å²) < 4.78 is 4.32. The Morgan fingerprint density at radius 3 is 2.44 bits per heavy atom. The van der Waals surface area contributed by atoms with Crippen molar-refractivity contribution < 1.29 is 0 Å². The lowest BCUT2D eigenvalue weighted by Crippen LogP contribution is -2.12. The summed E-state index contributed by atoms with van der Waals surface area (Å²) in [5.74, 6) is 0. The third kappa shape index (κ3) is 1.98. The number of hydrogen-bond acceptors (Lipinski definition) is 1. The minimum absolute atomic E-state index is 0.869. The van der Waals surface area contributed by atoms with Crippen molar-refractivity contribution in [1.82, 2.24) is 9.24 Å². The van der Waals surface area contributed by atoms with E-state index in [2.05, 4.69) is 36.8 Å². The molecule has 0 saturated heterocycles. The van der Waals surface area contributed by atoms with Crippen LogP contribution >= 0.6 is 0 Å². The van der Waals surface area contributed by atoms with Crippen molar-refractivity contribution in [1.29, 1.82) is 0 Å². The van der Waals surface area contributed by atoms with Gasteiger partial charge in [-0.2, -0.15) is 0 Å². The number of rotatable bonds is 4. The summed E-state index contributed by atoms with van der Waals surface area (Å²) in [6.45, 7) is 8.44. The highest BCUT2D eigenvalue weighted by Crippen LogP contribution is 2.14. The van der Waals surface area contributed by atoms with Crippen molar-refractivity contribution in [2.24, 2.45) is 0 Å². The first-order valence-corrected chi connectivity index (χ1v) is 5.75. The zero-order chi connectivity index (χ0) is 11.5. The van der Waals surface area contributed by atoms with Gasteiger partial charge in [0.25, 0.3) is 0 Å². The highest BCUT2D eigenvalue weighted by Gasteiger charge is 2.06. The summed E-state index contributed by atoms with van der Waals surface area (Å²) in [5, 5.41) is 0. The van der Waals surface area contributed by atoms with Crippen LogP contribution in [-0.2, 0) is 13.1 Å². The van der Waals surface area contributed by atoms with E-state index in [1.807, 2.05) is 29.2 Å². The average molecular weight is 217 g/mol. The Morgan fingerprint density at radius 2 is 1.88 bits per heavy atom. The van der Waals surface area contributed by atoms with Gasteiger partial charge in [0.15, 0.2) is 0 Å². The van der Waals surface area contributed by atoms with Crippen molar-refractivity contribution in [3.63, 3.8) is 0 Å². The Hall–Kier alpha value is -1.64. The van der Waals surface area contributed by atoms with Crippen LogP contribution in [0.3, 0.4) is 0 Å². The maximum atomic E-state index is 3.35. The van der Waals surface area contributed by atoms with E-state index >= 15 is 0 Å². The number of nitrogens with one attached hydrogen (secondary N) is 1. The molecule has 1 N–H and O–H groups in total. The lowest BCUT2D eigenvalue weighted by atomic mass is 10.2. The molecular formula is C13H19N3. The van der Waals surface area contributed by atoms with Gasteiger partial charge in [-0.05, 0) is 44.5 Å². The van der Waals surface area contributed by atoms with Gasteiger partial charge < -0.3 is 9.99 Å². The van der Waals surface area contributed by atoms with Crippen LogP contribution in [-0.4, -0.2) is 9.24 Å². The summed E-state index contributed by atoms with van der Waals surface area (Å²) in [5.41, 5.74) is 7.42. The summed E-state index contributed by atoms with van der Waals surface area (Å²) in [7, 11) is 0. The van der Waals surface area contributed by atoms with Gasteiger partial charge in [0.1, 0.15) is 0 Å². The normalized spacial score (nSPS) is 10.7. The van der Waals surface area contributed by atoms with Crippen molar-refractivity contribution in [2.45, 2.75) is 33.9 Å². The van der Waals surface area contributed by atoms with Gasteiger partial charge in [-0.25, -0.2) is 0 Å². The number of hydrogen-bond donors (Lipinski definition) is 1. The quantitative estimate of drug-likeness (QED) is 0.835. The van der Waals surface area contributed by atoms with Gasteiger partial charge in [-0.1, -0.05) is 0 Å². The Labute approximate surface area is 96.7 Å². The van der Waals surface area contributed by atoms with Gasteiger partial charge in [0, 0.05) is 30.3 Å². The zero-order valence-electron chi connectivity index (χ0n) is 10.2. The minimum Gasteiger partial charge on any atom is -0.349 e. The van der Waals surface area contributed by atoms with E-state index in [4.69, 9.17) is 0 Å².